The highest BCUT2D eigenvalue weighted by Crippen LogP contribution is 2.27. The number of nitrogens with zero attached hydrogens (tertiary/aromatic N) is 3. The largest absolute Gasteiger partial charge is 0.439 e. The third kappa shape index (κ3) is 3.74. The van der Waals surface area contributed by atoms with Crippen LogP contribution in [0.4, 0.5) is 0 Å². The highest BCUT2D eigenvalue weighted by molar-refractivity contribution is 5.35. The number of hydrogen-bond acceptors (Lipinski definition) is 4. The van der Waals surface area contributed by atoms with Crippen LogP contribution in [-0.4, -0.2) is 40.9 Å². The molecule has 1 aliphatic rings. The maximum absolute atomic E-state index is 6.05. The first-order chi connectivity index (χ1) is 11.1. The van der Waals surface area contributed by atoms with E-state index in [9.17, 15) is 0 Å². The molecule has 0 amide bonds. The molecule has 5 nitrogen and oxygen atoms in total. The Labute approximate surface area is 138 Å². The predicted molar refractivity (Wildman–Crippen MR) is 91.8 cm³/mol. The third-order valence-electron chi connectivity index (χ3n) is 4.60. The second kappa shape index (κ2) is 7.15. The van der Waals surface area contributed by atoms with Crippen molar-refractivity contribution in [1.29, 1.82) is 0 Å². The number of likely N-dealkylation sites (N-methyl/N-ethyl adjacent to an activating group) is 1. The van der Waals surface area contributed by atoms with Crippen LogP contribution in [-0.2, 0) is 13.6 Å². The summed E-state index contributed by atoms with van der Waals surface area (Å²) >= 11 is 0. The van der Waals surface area contributed by atoms with Gasteiger partial charge in [0.2, 0.25) is 5.88 Å². The van der Waals surface area contributed by atoms with Crippen LogP contribution in [0.1, 0.15) is 24.1 Å². The number of para-hydroxylation sites is 1. The number of rotatable bonds is 6. The van der Waals surface area contributed by atoms with Gasteiger partial charge in [-0.1, -0.05) is 18.2 Å². The van der Waals surface area contributed by atoms with Crippen LogP contribution < -0.4 is 10.1 Å². The van der Waals surface area contributed by atoms with E-state index in [-0.39, 0.29) is 0 Å². The Morgan fingerprint density at radius 3 is 2.74 bits per heavy atom. The Balaban J connectivity index is 1.66. The van der Waals surface area contributed by atoms with Gasteiger partial charge in [-0.2, -0.15) is 5.10 Å². The molecule has 2 aromatic rings. The van der Waals surface area contributed by atoms with Gasteiger partial charge in [-0.25, -0.2) is 4.68 Å². The zero-order chi connectivity index (χ0) is 16.2. The van der Waals surface area contributed by atoms with Crippen LogP contribution in [0.3, 0.4) is 0 Å². The van der Waals surface area contributed by atoms with E-state index in [1.54, 1.807) is 0 Å². The number of hydrogen-bond donors (Lipinski definition) is 1. The van der Waals surface area contributed by atoms with Gasteiger partial charge in [0.1, 0.15) is 5.75 Å². The highest BCUT2D eigenvalue weighted by Gasteiger charge is 2.21. The van der Waals surface area contributed by atoms with Crippen molar-refractivity contribution in [3.05, 3.63) is 41.6 Å². The van der Waals surface area contributed by atoms with Crippen LogP contribution in [0, 0.1) is 6.92 Å². The van der Waals surface area contributed by atoms with E-state index in [4.69, 9.17) is 4.74 Å². The molecule has 0 radical (unpaired) electrons. The van der Waals surface area contributed by atoms with Gasteiger partial charge in [0.05, 0.1) is 11.3 Å². The average Bonchev–Trinajstić information content (AvgIpc) is 3.06. The number of ether oxygens (including phenoxy) is 1. The lowest BCUT2D eigenvalue weighted by Gasteiger charge is -2.19. The molecule has 0 bridgehead atoms. The van der Waals surface area contributed by atoms with Crippen LogP contribution in [0.15, 0.2) is 30.3 Å². The monoisotopic (exact) mass is 314 g/mol. The summed E-state index contributed by atoms with van der Waals surface area (Å²) in [6, 6.07) is 10.5. The van der Waals surface area contributed by atoms with Crippen molar-refractivity contribution in [2.75, 3.05) is 20.1 Å². The van der Waals surface area contributed by atoms with Crippen molar-refractivity contribution >= 4 is 0 Å². The summed E-state index contributed by atoms with van der Waals surface area (Å²) < 4.78 is 7.88. The summed E-state index contributed by atoms with van der Waals surface area (Å²) in [5.41, 5.74) is 2.16. The minimum absolute atomic E-state index is 0.644. The molecular weight excluding hydrogens is 288 g/mol. The Hall–Kier alpha value is -1.85. The summed E-state index contributed by atoms with van der Waals surface area (Å²) in [5, 5.41) is 8.09. The first-order valence-corrected chi connectivity index (χ1v) is 8.31. The van der Waals surface area contributed by atoms with E-state index in [0.717, 1.165) is 36.0 Å². The number of nitrogens with one attached hydrogen (secondary N) is 1. The highest BCUT2D eigenvalue weighted by atomic mass is 16.5. The zero-order valence-electron chi connectivity index (χ0n) is 14.2. The van der Waals surface area contributed by atoms with Gasteiger partial charge in [0, 0.05) is 26.2 Å². The fourth-order valence-corrected chi connectivity index (χ4v) is 3.21. The first kappa shape index (κ1) is 16.0. The smallest absolute Gasteiger partial charge is 0.222 e. The first-order valence-electron chi connectivity index (χ1n) is 8.31. The Morgan fingerprint density at radius 2 is 2.04 bits per heavy atom. The second-order valence-electron chi connectivity index (χ2n) is 6.32. The van der Waals surface area contributed by atoms with Crippen molar-refractivity contribution in [3.63, 3.8) is 0 Å². The van der Waals surface area contributed by atoms with E-state index in [1.165, 1.54) is 19.4 Å². The molecule has 3 rings (SSSR count). The number of likely N-dealkylation sites (tertiary alicyclic amines) is 1. The second-order valence-corrected chi connectivity index (χ2v) is 6.32. The molecule has 5 heteroatoms. The van der Waals surface area contributed by atoms with Crippen molar-refractivity contribution in [1.82, 2.24) is 20.0 Å². The van der Waals surface area contributed by atoms with E-state index in [1.807, 2.05) is 49.0 Å². The van der Waals surface area contributed by atoms with Gasteiger partial charge >= 0.3 is 0 Å². The van der Waals surface area contributed by atoms with Crippen LogP contribution in [0.5, 0.6) is 11.6 Å². The minimum atomic E-state index is 0.644. The lowest BCUT2D eigenvalue weighted by atomic mass is 10.2. The summed E-state index contributed by atoms with van der Waals surface area (Å²) in [6.07, 6.45) is 2.58. The molecule has 1 atom stereocenters. The molecule has 23 heavy (non-hydrogen) atoms. The molecule has 0 unspecified atom stereocenters. The standard InChI is InChI=1S/C18H26N4O/c1-14-17(13-19-12-15-8-7-11-21(15)2)18(22(3)20-14)23-16-9-5-4-6-10-16/h4-6,9-10,15,19H,7-8,11-13H2,1-3H3/t15-/m0/s1. The Morgan fingerprint density at radius 1 is 1.26 bits per heavy atom. The van der Waals surface area contributed by atoms with Crippen LogP contribution in [0.25, 0.3) is 0 Å². The Kier molecular flexibility index (Phi) is 4.98. The maximum atomic E-state index is 6.05. The van der Waals surface area contributed by atoms with Crippen molar-refractivity contribution in [2.45, 2.75) is 32.4 Å². The molecule has 1 aromatic carbocycles. The van der Waals surface area contributed by atoms with Gasteiger partial charge < -0.3 is 15.0 Å². The summed E-state index contributed by atoms with van der Waals surface area (Å²) in [6.45, 7) is 5.04. The van der Waals surface area contributed by atoms with E-state index in [0.29, 0.717) is 6.04 Å². The van der Waals surface area contributed by atoms with Gasteiger partial charge in [-0.3, -0.25) is 0 Å². The zero-order valence-corrected chi connectivity index (χ0v) is 14.2. The van der Waals surface area contributed by atoms with Crippen LogP contribution >= 0.6 is 0 Å². The SMILES string of the molecule is Cc1nn(C)c(Oc2ccccc2)c1CNC[C@@H]1CCCN1C. The van der Waals surface area contributed by atoms with E-state index in [2.05, 4.69) is 22.4 Å². The molecule has 1 aliphatic heterocycles. The maximum Gasteiger partial charge on any atom is 0.222 e. The molecule has 124 valence electrons. The lowest BCUT2D eigenvalue weighted by molar-refractivity contribution is 0.299. The molecule has 1 fully saturated rings. The van der Waals surface area contributed by atoms with Gasteiger partial charge in [0.15, 0.2) is 0 Å². The fourth-order valence-electron chi connectivity index (χ4n) is 3.21. The normalized spacial score (nSPS) is 18.5. The lowest BCUT2D eigenvalue weighted by Crippen LogP contribution is -2.35. The van der Waals surface area contributed by atoms with E-state index >= 15 is 0 Å². The minimum Gasteiger partial charge on any atom is -0.439 e. The van der Waals surface area contributed by atoms with Gasteiger partial charge in [-0.05, 0) is 45.5 Å². The van der Waals surface area contributed by atoms with Crippen molar-refractivity contribution < 1.29 is 4.74 Å². The van der Waals surface area contributed by atoms with Gasteiger partial charge in [-0.15, -0.1) is 0 Å². The molecule has 0 spiro atoms. The molecular formula is C18H26N4O. The molecule has 1 N–H and O–H groups in total. The molecule has 0 aliphatic carbocycles. The molecule has 1 aromatic heterocycles. The Bertz CT molecular complexity index is 638. The van der Waals surface area contributed by atoms with Crippen LogP contribution in [0.2, 0.25) is 0 Å². The number of benzene rings is 1. The number of aromatic nitrogens is 2. The quantitative estimate of drug-likeness (QED) is 0.890. The summed E-state index contributed by atoms with van der Waals surface area (Å²) in [4.78, 5) is 2.44. The summed E-state index contributed by atoms with van der Waals surface area (Å²) in [5.74, 6) is 1.66. The fraction of sp³-hybridized carbons (Fsp3) is 0.500. The topological polar surface area (TPSA) is 42.3 Å². The van der Waals surface area contributed by atoms with Crippen molar-refractivity contribution in [2.24, 2.45) is 7.05 Å². The molecule has 1 saturated heterocycles. The van der Waals surface area contributed by atoms with E-state index < -0.39 is 0 Å². The number of aryl methyl sites for hydroxylation is 2. The average molecular weight is 314 g/mol. The molecule has 2 heterocycles. The van der Waals surface area contributed by atoms with Gasteiger partial charge in [0.25, 0.3) is 0 Å². The predicted octanol–water partition coefficient (Wildman–Crippen LogP) is 2.70. The van der Waals surface area contributed by atoms with Crippen molar-refractivity contribution in [3.8, 4) is 11.6 Å². The third-order valence-corrected chi connectivity index (χ3v) is 4.60. The summed E-state index contributed by atoms with van der Waals surface area (Å²) in [7, 11) is 4.14. The molecule has 0 saturated carbocycles.